The van der Waals surface area contributed by atoms with Crippen LogP contribution in [0.1, 0.15) is 0 Å². The Morgan fingerprint density at radius 3 is 2.79 bits per heavy atom. The molecule has 70 valence electrons. The van der Waals surface area contributed by atoms with E-state index in [2.05, 4.69) is 10.4 Å². The zero-order chi connectivity index (χ0) is 9.97. The van der Waals surface area contributed by atoms with E-state index in [1.165, 1.54) is 12.3 Å². The van der Waals surface area contributed by atoms with Gasteiger partial charge in [0, 0.05) is 11.3 Å². The first-order valence-electron chi connectivity index (χ1n) is 3.80. The molecule has 1 heterocycles. The normalized spacial score (nSPS) is 10.0. The van der Waals surface area contributed by atoms with E-state index in [4.69, 9.17) is 4.52 Å². The van der Waals surface area contributed by atoms with E-state index in [1.807, 2.05) is 0 Å². The third kappa shape index (κ3) is 1.33. The summed E-state index contributed by atoms with van der Waals surface area (Å²) in [5.41, 5.74) is 0.355. The Kier molecular flexibility index (Phi) is 1.94. The minimum absolute atomic E-state index is 0.0222. The molecule has 0 atom stereocenters. The fraction of sp³-hybridized carbons (Fsp3) is 0. The number of rotatable bonds is 2. The first kappa shape index (κ1) is 8.36. The van der Waals surface area contributed by atoms with Gasteiger partial charge in [-0.25, -0.2) is 0 Å². The van der Waals surface area contributed by atoms with Crippen molar-refractivity contribution in [2.24, 2.45) is 0 Å². The lowest BCUT2D eigenvalue weighted by Crippen LogP contribution is -1.90. The van der Waals surface area contributed by atoms with E-state index < -0.39 is 4.92 Å². The number of benzene rings is 1. The molecule has 0 fully saturated rings. The number of hydrogen-bond donors (Lipinski definition) is 0. The maximum absolute atomic E-state index is 10.6. The van der Waals surface area contributed by atoms with Gasteiger partial charge in [0.25, 0.3) is 5.69 Å². The van der Waals surface area contributed by atoms with E-state index >= 15 is 0 Å². The van der Waals surface area contributed by atoms with Crippen molar-refractivity contribution in [2.75, 3.05) is 0 Å². The Hall–Kier alpha value is -2.24. The number of aromatic nitrogens is 2. The van der Waals surface area contributed by atoms with Crippen molar-refractivity contribution < 1.29 is 9.45 Å². The molecule has 0 amide bonds. The molecule has 2 aromatic rings. The van der Waals surface area contributed by atoms with Crippen molar-refractivity contribution in [1.29, 1.82) is 0 Å². The van der Waals surface area contributed by atoms with Crippen LogP contribution in [-0.4, -0.2) is 15.3 Å². The zero-order valence-corrected chi connectivity index (χ0v) is 6.95. The summed E-state index contributed by atoms with van der Waals surface area (Å²) in [5, 5.41) is 17.4. The maximum Gasteiger partial charge on any atom is 0.280 e. The van der Waals surface area contributed by atoms with Crippen molar-refractivity contribution in [2.45, 2.75) is 0 Å². The topological polar surface area (TPSA) is 82.1 Å². The van der Waals surface area contributed by atoms with Gasteiger partial charge < -0.3 is 4.52 Å². The molecule has 0 aliphatic rings. The Balaban J connectivity index is 2.58. The van der Waals surface area contributed by atoms with Gasteiger partial charge in [0.1, 0.15) is 0 Å². The third-order valence-corrected chi connectivity index (χ3v) is 1.73. The van der Waals surface area contributed by atoms with Gasteiger partial charge in [-0.05, 0) is 6.07 Å². The highest BCUT2D eigenvalue weighted by atomic mass is 16.6. The van der Waals surface area contributed by atoms with Gasteiger partial charge in [0.05, 0.1) is 16.7 Å². The molecule has 0 saturated heterocycles. The third-order valence-electron chi connectivity index (χ3n) is 1.73. The molecule has 2 rings (SSSR count). The second-order valence-electron chi connectivity index (χ2n) is 2.56. The summed E-state index contributed by atoms with van der Waals surface area (Å²) in [4.78, 5) is 10.2. The first-order valence-corrected chi connectivity index (χ1v) is 3.80. The van der Waals surface area contributed by atoms with Crippen molar-refractivity contribution in [3.63, 3.8) is 0 Å². The smallest absolute Gasteiger partial charge is 0.280 e. The fourth-order valence-electron chi connectivity index (χ4n) is 1.13. The Morgan fingerprint density at radius 1 is 1.36 bits per heavy atom. The molecule has 0 spiro atoms. The molecular weight excluding hydrogens is 186 g/mol. The number of nitro groups is 1. The molecule has 6 heteroatoms. The summed E-state index contributed by atoms with van der Waals surface area (Å²) in [6.07, 6.45) is 1.34. The van der Waals surface area contributed by atoms with Crippen LogP contribution < -0.4 is 0 Å². The van der Waals surface area contributed by atoms with Gasteiger partial charge in [-0.15, -0.1) is 5.10 Å². The highest BCUT2D eigenvalue weighted by molar-refractivity contribution is 5.68. The van der Waals surface area contributed by atoms with Crippen LogP contribution in [-0.2, 0) is 0 Å². The average Bonchev–Trinajstić information content (AvgIpc) is 2.70. The van der Waals surface area contributed by atoms with Crippen molar-refractivity contribution in [3.05, 3.63) is 40.6 Å². The molecule has 6 nitrogen and oxygen atoms in total. The van der Waals surface area contributed by atoms with Gasteiger partial charge in [-0.1, -0.05) is 12.1 Å². The van der Waals surface area contributed by atoms with Crippen LogP contribution in [0.3, 0.4) is 0 Å². The van der Waals surface area contributed by atoms with Crippen molar-refractivity contribution in [1.82, 2.24) is 10.4 Å². The molecule has 1 aromatic heterocycles. The monoisotopic (exact) mass is 191 g/mol. The lowest BCUT2D eigenvalue weighted by molar-refractivity contribution is -0.384. The SMILES string of the molecule is O=[N+]([O-])c1ccccc1-c1cnno1. The lowest BCUT2D eigenvalue weighted by Gasteiger charge is -1.96. The summed E-state index contributed by atoms with van der Waals surface area (Å²) >= 11 is 0. The quantitative estimate of drug-likeness (QED) is 0.532. The van der Waals surface area contributed by atoms with Crippen LogP contribution in [0.5, 0.6) is 0 Å². The van der Waals surface area contributed by atoms with E-state index in [1.54, 1.807) is 18.2 Å². The van der Waals surface area contributed by atoms with Crippen LogP contribution in [0.4, 0.5) is 5.69 Å². The Morgan fingerprint density at radius 2 is 2.14 bits per heavy atom. The van der Waals surface area contributed by atoms with Gasteiger partial charge in [-0.2, -0.15) is 0 Å². The van der Waals surface area contributed by atoms with Crippen LogP contribution in [0, 0.1) is 10.1 Å². The highest BCUT2D eigenvalue weighted by Crippen LogP contribution is 2.28. The van der Waals surface area contributed by atoms with Crippen LogP contribution in [0.25, 0.3) is 11.3 Å². The van der Waals surface area contributed by atoms with E-state index in [9.17, 15) is 10.1 Å². The first-order chi connectivity index (χ1) is 6.79. The van der Waals surface area contributed by atoms with E-state index in [0.29, 0.717) is 5.56 Å². The number of hydrogen-bond acceptors (Lipinski definition) is 5. The van der Waals surface area contributed by atoms with Gasteiger partial charge in [-0.3, -0.25) is 10.1 Å². The largest absolute Gasteiger partial charge is 0.337 e. The summed E-state index contributed by atoms with van der Waals surface area (Å²) in [6, 6.07) is 6.26. The van der Waals surface area contributed by atoms with Crippen molar-refractivity contribution >= 4 is 5.69 Å². The van der Waals surface area contributed by atoms with E-state index in [-0.39, 0.29) is 11.4 Å². The van der Waals surface area contributed by atoms with Crippen LogP contribution in [0.15, 0.2) is 35.0 Å². The number of nitro benzene ring substituents is 1. The van der Waals surface area contributed by atoms with Crippen molar-refractivity contribution in [3.8, 4) is 11.3 Å². The molecule has 1 aromatic carbocycles. The number of nitrogens with zero attached hydrogens (tertiary/aromatic N) is 3. The summed E-state index contributed by atoms with van der Waals surface area (Å²) < 4.78 is 4.74. The van der Waals surface area contributed by atoms with Crippen LogP contribution >= 0.6 is 0 Å². The molecule has 0 aliphatic carbocycles. The molecule has 0 aliphatic heterocycles. The minimum atomic E-state index is -0.474. The standard InChI is InChI=1S/C8H5N3O3/c12-11(13)7-4-2-1-3-6(7)8-5-9-10-14-8/h1-5H. The Labute approximate surface area is 78.3 Å². The predicted molar refractivity (Wildman–Crippen MR) is 46.4 cm³/mol. The molecule has 0 radical (unpaired) electrons. The molecule has 0 N–H and O–H groups in total. The van der Waals surface area contributed by atoms with Crippen LogP contribution in [0.2, 0.25) is 0 Å². The van der Waals surface area contributed by atoms with E-state index in [0.717, 1.165) is 0 Å². The molecule has 14 heavy (non-hydrogen) atoms. The molecule has 0 unspecified atom stereocenters. The summed E-state index contributed by atoms with van der Waals surface area (Å²) in [7, 11) is 0. The minimum Gasteiger partial charge on any atom is -0.337 e. The Bertz CT molecular complexity index is 453. The molecule has 0 bridgehead atoms. The predicted octanol–water partition coefficient (Wildman–Crippen LogP) is 1.64. The second kappa shape index (κ2) is 3.25. The van der Waals surface area contributed by atoms with Gasteiger partial charge in [0.2, 0.25) is 0 Å². The molecule has 0 saturated carbocycles. The highest BCUT2D eigenvalue weighted by Gasteiger charge is 2.16. The molecular formula is C8H5N3O3. The fourth-order valence-corrected chi connectivity index (χ4v) is 1.13. The average molecular weight is 191 g/mol. The van der Waals surface area contributed by atoms with Gasteiger partial charge >= 0.3 is 0 Å². The zero-order valence-electron chi connectivity index (χ0n) is 6.95. The second-order valence-corrected chi connectivity index (χ2v) is 2.56. The summed E-state index contributed by atoms with van der Waals surface area (Å²) in [6.45, 7) is 0. The van der Waals surface area contributed by atoms with Gasteiger partial charge in [0.15, 0.2) is 5.76 Å². The number of para-hydroxylation sites is 1. The summed E-state index contributed by atoms with van der Waals surface area (Å²) in [5.74, 6) is 0.289. The maximum atomic E-state index is 10.6. The lowest BCUT2D eigenvalue weighted by atomic mass is 10.1.